The molecule has 0 aliphatic rings. The fourth-order valence-corrected chi connectivity index (χ4v) is 3.88. The molecule has 1 aromatic carbocycles. The predicted octanol–water partition coefficient (Wildman–Crippen LogP) is 3.04. The van der Waals surface area contributed by atoms with Crippen molar-refractivity contribution in [3.05, 3.63) is 35.3 Å². The quantitative estimate of drug-likeness (QED) is 0.712. The van der Waals surface area contributed by atoms with Crippen molar-refractivity contribution in [2.45, 2.75) is 18.2 Å². The van der Waals surface area contributed by atoms with E-state index < -0.39 is 10.0 Å². The van der Waals surface area contributed by atoms with E-state index in [1.165, 1.54) is 11.4 Å². The zero-order chi connectivity index (χ0) is 14.5. The van der Waals surface area contributed by atoms with Gasteiger partial charge in [0.1, 0.15) is 5.75 Å². The van der Waals surface area contributed by atoms with E-state index in [4.69, 9.17) is 4.74 Å². The Hall–Kier alpha value is -0.850. The first-order valence-corrected chi connectivity index (χ1v) is 8.15. The number of benzene rings is 1. The molecule has 0 bridgehead atoms. The number of sulfonamides is 1. The summed E-state index contributed by atoms with van der Waals surface area (Å²) in [7, 11) is -1.96. The van der Waals surface area contributed by atoms with Crippen LogP contribution in [0.4, 0.5) is 0 Å². The molecule has 0 radical (unpaired) electrons. The van der Waals surface area contributed by atoms with Crippen molar-refractivity contribution in [2.24, 2.45) is 0 Å². The van der Waals surface area contributed by atoms with E-state index in [9.17, 15) is 8.42 Å². The lowest BCUT2D eigenvalue weighted by Crippen LogP contribution is -2.32. The monoisotopic (exact) mass is 347 g/mol. The summed E-state index contributed by atoms with van der Waals surface area (Å²) in [5, 5.41) is 0. The number of halogens is 1. The molecule has 0 aliphatic heterocycles. The molecular weight excluding hydrogens is 330 g/mol. The van der Waals surface area contributed by atoms with E-state index in [1.54, 1.807) is 24.3 Å². The summed E-state index contributed by atoms with van der Waals surface area (Å²) in [6.45, 7) is 6.32. The highest BCUT2D eigenvalue weighted by Gasteiger charge is 2.23. The molecule has 0 heterocycles. The van der Waals surface area contributed by atoms with Gasteiger partial charge < -0.3 is 4.74 Å². The SMILES string of the molecule is C=CCN(CCC)S(=O)(=O)c1ccc(OC)c(Br)c1. The highest BCUT2D eigenvalue weighted by molar-refractivity contribution is 9.10. The second kappa shape index (κ2) is 7.07. The van der Waals surface area contributed by atoms with Crippen LogP contribution in [-0.2, 0) is 10.0 Å². The molecule has 0 saturated heterocycles. The van der Waals surface area contributed by atoms with Crippen LogP contribution in [0.2, 0.25) is 0 Å². The largest absolute Gasteiger partial charge is 0.496 e. The number of hydrogen-bond acceptors (Lipinski definition) is 3. The summed E-state index contributed by atoms with van der Waals surface area (Å²) in [6, 6.07) is 4.74. The van der Waals surface area contributed by atoms with E-state index >= 15 is 0 Å². The molecule has 1 aromatic rings. The summed E-state index contributed by atoms with van der Waals surface area (Å²) < 4.78 is 32.1. The molecule has 0 N–H and O–H groups in total. The lowest BCUT2D eigenvalue weighted by atomic mass is 10.3. The number of ether oxygens (including phenoxy) is 1. The minimum atomic E-state index is -3.50. The molecule has 19 heavy (non-hydrogen) atoms. The average Bonchev–Trinajstić information content (AvgIpc) is 2.38. The molecule has 4 nitrogen and oxygen atoms in total. The maximum atomic E-state index is 12.5. The Bertz CT molecular complexity index is 543. The Balaban J connectivity index is 3.17. The molecule has 0 spiro atoms. The van der Waals surface area contributed by atoms with Crippen molar-refractivity contribution >= 4 is 26.0 Å². The Morgan fingerprint density at radius 3 is 2.63 bits per heavy atom. The minimum absolute atomic E-state index is 0.246. The summed E-state index contributed by atoms with van der Waals surface area (Å²) in [5.41, 5.74) is 0. The van der Waals surface area contributed by atoms with Gasteiger partial charge in [-0.05, 0) is 40.5 Å². The fraction of sp³-hybridized carbons (Fsp3) is 0.385. The molecule has 0 aromatic heterocycles. The van der Waals surface area contributed by atoms with Gasteiger partial charge in [-0.1, -0.05) is 13.0 Å². The van der Waals surface area contributed by atoms with Crippen molar-refractivity contribution in [3.63, 3.8) is 0 Å². The van der Waals surface area contributed by atoms with Gasteiger partial charge in [0, 0.05) is 13.1 Å². The minimum Gasteiger partial charge on any atom is -0.496 e. The third-order valence-corrected chi connectivity index (χ3v) is 5.05. The number of nitrogens with zero attached hydrogens (tertiary/aromatic N) is 1. The summed E-state index contributed by atoms with van der Waals surface area (Å²) in [6.07, 6.45) is 2.34. The van der Waals surface area contributed by atoms with Crippen molar-refractivity contribution in [1.29, 1.82) is 0 Å². The van der Waals surface area contributed by atoms with Gasteiger partial charge in [0.2, 0.25) is 10.0 Å². The lowest BCUT2D eigenvalue weighted by Gasteiger charge is -2.20. The van der Waals surface area contributed by atoms with E-state index in [2.05, 4.69) is 22.5 Å². The maximum Gasteiger partial charge on any atom is 0.243 e. The Morgan fingerprint density at radius 2 is 2.16 bits per heavy atom. The van der Waals surface area contributed by atoms with Gasteiger partial charge in [0.05, 0.1) is 16.5 Å². The topological polar surface area (TPSA) is 46.6 Å². The molecule has 1 rings (SSSR count). The Kier molecular flexibility index (Phi) is 6.03. The molecule has 0 atom stereocenters. The van der Waals surface area contributed by atoms with Crippen molar-refractivity contribution in [2.75, 3.05) is 20.2 Å². The second-order valence-corrected chi connectivity index (χ2v) is 6.74. The standard InChI is InChI=1S/C13H18BrNO3S/c1-4-8-15(9-5-2)19(16,17)11-6-7-13(18-3)12(14)10-11/h4,6-7,10H,1,5,8-9H2,2-3H3. The third kappa shape index (κ3) is 3.81. The van der Waals surface area contributed by atoms with Gasteiger partial charge in [-0.15, -0.1) is 6.58 Å². The van der Waals surface area contributed by atoms with E-state index in [0.29, 0.717) is 23.3 Å². The highest BCUT2D eigenvalue weighted by atomic mass is 79.9. The zero-order valence-electron chi connectivity index (χ0n) is 11.1. The summed E-state index contributed by atoms with van der Waals surface area (Å²) in [5.74, 6) is 0.602. The van der Waals surface area contributed by atoms with Crippen LogP contribution in [0.25, 0.3) is 0 Å². The van der Waals surface area contributed by atoms with E-state index in [-0.39, 0.29) is 4.90 Å². The second-order valence-electron chi connectivity index (χ2n) is 3.95. The maximum absolute atomic E-state index is 12.5. The van der Waals surface area contributed by atoms with Gasteiger partial charge in [-0.25, -0.2) is 8.42 Å². The van der Waals surface area contributed by atoms with Gasteiger partial charge in [-0.3, -0.25) is 0 Å². The summed E-state index contributed by atoms with van der Waals surface area (Å²) >= 11 is 3.30. The molecule has 0 aliphatic carbocycles. The van der Waals surface area contributed by atoms with Crippen LogP contribution < -0.4 is 4.74 Å². The smallest absolute Gasteiger partial charge is 0.243 e. The van der Waals surface area contributed by atoms with Crippen LogP contribution in [0.1, 0.15) is 13.3 Å². The number of methoxy groups -OCH3 is 1. The molecule has 106 valence electrons. The van der Waals surface area contributed by atoms with Gasteiger partial charge in [0.25, 0.3) is 0 Å². The fourth-order valence-electron chi connectivity index (χ4n) is 1.66. The first-order valence-electron chi connectivity index (χ1n) is 5.92. The Labute approximate surface area is 123 Å². The van der Waals surface area contributed by atoms with Crippen LogP contribution in [0.3, 0.4) is 0 Å². The molecular formula is C13H18BrNO3S. The molecule has 6 heteroatoms. The molecule has 0 saturated carbocycles. The first-order chi connectivity index (χ1) is 8.97. The van der Waals surface area contributed by atoms with E-state index in [0.717, 1.165) is 6.42 Å². The van der Waals surface area contributed by atoms with Crippen LogP contribution >= 0.6 is 15.9 Å². The predicted molar refractivity (Wildman–Crippen MR) is 79.9 cm³/mol. The normalized spacial score (nSPS) is 11.6. The number of hydrogen-bond donors (Lipinski definition) is 0. The van der Waals surface area contributed by atoms with Gasteiger partial charge in [0.15, 0.2) is 0 Å². The zero-order valence-corrected chi connectivity index (χ0v) is 13.5. The number of rotatable bonds is 7. The van der Waals surface area contributed by atoms with Crippen LogP contribution in [0.5, 0.6) is 5.75 Å². The highest BCUT2D eigenvalue weighted by Crippen LogP contribution is 2.28. The van der Waals surface area contributed by atoms with Gasteiger partial charge >= 0.3 is 0 Å². The molecule has 0 unspecified atom stereocenters. The van der Waals surface area contributed by atoms with Gasteiger partial charge in [-0.2, -0.15) is 4.31 Å². The third-order valence-electron chi connectivity index (χ3n) is 2.57. The van der Waals surface area contributed by atoms with Crippen LogP contribution in [0.15, 0.2) is 40.2 Å². The lowest BCUT2D eigenvalue weighted by molar-refractivity contribution is 0.411. The first kappa shape index (κ1) is 16.2. The molecule has 0 fully saturated rings. The van der Waals surface area contributed by atoms with Crippen molar-refractivity contribution in [3.8, 4) is 5.75 Å². The summed E-state index contributed by atoms with van der Waals surface area (Å²) in [4.78, 5) is 0.246. The Morgan fingerprint density at radius 1 is 1.47 bits per heavy atom. The van der Waals surface area contributed by atoms with Crippen molar-refractivity contribution in [1.82, 2.24) is 4.31 Å². The molecule has 0 amide bonds. The average molecular weight is 348 g/mol. The van der Waals surface area contributed by atoms with Crippen LogP contribution in [-0.4, -0.2) is 32.9 Å². The van der Waals surface area contributed by atoms with Crippen molar-refractivity contribution < 1.29 is 13.2 Å². The van der Waals surface area contributed by atoms with Crippen LogP contribution in [0, 0.1) is 0 Å². The van der Waals surface area contributed by atoms with E-state index in [1.807, 2.05) is 6.92 Å².